The first-order chi connectivity index (χ1) is 14.5. The summed E-state index contributed by atoms with van der Waals surface area (Å²) in [5.74, 6) is 1.88. The van der Waals surface area contributed by atoms with Crippen molar-refractivity contribution in [3.8, 4) is 11.5 Å². The van der Waals surface area contributed by atoms with Crippen molar-refractivity contribution in [2.24, 2.45) is 18.9 Å². The Kier molecular flexibility index (Phi) is 4.47. The lowest BCUT2D eigenvalue weighted by atomic mass is 9.89. The molecule has 6 heteroatoms. The summed E-state index contributed by atoms with van der Waals surface area (Å²) in [5, 5.41) is 14.4. The highest BCUT2D eigenvalue weighted by atomic mass is 16.5. The molecule has 0 aliphatic carbocycles. The van der Waals surface area contributed by atoms with E-state index in [0.717, 1.165) is 47.5 Å². The fourth-order valence-corrected chi connectivity index (χ4v) is 5.33. The van der Waals surface area contributed by atoms with Crippen LogP contribution in [0.2, 0.25) is 0 Å². The molecule has 3 atom stereocenters. The second-order valence-electron chi connectivity index (χ2n) is 8.48. The van der Waals surface area contributed by atoms with Gasteiger partial charge in [-0.05, 0) is 48.7 Å². The smallest absolute Gasteiger partial charge is 0.256 e. The molecule has 1 amide bonds. The van der Waals surface area contributed by atoms with Crippen LogP contribution in [0.5, 0.6) is 11.5 Å². The molecule has 0 bridgehead atoms. The van der Waals surface area contributed by atoms with Crippen LogP contribution in [-0.2, 0) is 7.05 Å². The number of hydrogen-bond acceptors (Lipinski definition) is 4. The van der Waals surface area contributed by atoms with Crippen LogP contribution in [0, 0.1) is 18.8 Å². The van der Waals surface area contributed by atoms with Gasteiger partial charge in [-0.2, -0.15) is 0 Å². The number of ether oxygens (including phenoxy) is 1. The van der Waals surface area contributed by atoms with Crippen molar-refractivity contribution in [1.82, 2.24) is 14.8 Å². The van der Waals surface area contributed by atoms with E-state index in [1.54, 1.807) is 19.2 Å². The van der Waals surface area contributed by atoms with Crippen molar-refractivity contribution >= 4 is 16.8 Å². The Bertz CT molecular complexity index is 1120. The van der Waals surface area contributed by atoms with Crippen molar-refractivity contribution in [3.05, 3.63) is 59.3 Å². The van der Waals surface area contributed by atoms with E-state index in [1.165, 1.54) is 0 Å². The minimum Gasteiger partial charge on any atom is -0.508 e. The molecule has 2 N–H and O–H groups in total. The SMILES string of the molecule is COc1ccc([C@H]2[C@H]3CNC[C@H]3CN2C(=O)c2c(C)n(C)c3ccc(O)cc23)cc1. The Balaban J connectivity index is 1.60. The lowest BCUT2D eigenvalue weighted by Crippen LogP contribution is -2.35. The summed E-state index contributed by atoms with van der Waals surface area (Å²) in [6, 6.07) is 13.4. The number of phenols is 1. The summed E-state index contributed by atoms with van der Waals surface area (Å²) in [6.07, 6.45) is 0. The highest BCUT2D eigenvalue weighted by Gasteiger charge is 2.47. The van der Waals surface area contributed by atoms with E-state index in [2.05, 4.69) is 17.4 Å². The average molecular weight is 405 g/mol. The second-order valence-corrected chi connectivity index (χ2v) is 8.48. The summed E-state index contributed by atoms with van der Waals surface area (Å²) in [5.41, 5.74) is 3.70. The molecule has 0 saturated carbocycles. The van der Waals surface area contributed by atoms with E-state index < -0.39 is 0 Å². The van der Waals surface area contributed by atoms with Gasteiger partial charge in [0, 0.05) is 49.2 Å². The Morgan fingerprint density at radius 3 is 2.67 bits per heavy atom. The zero-order valence-electron chi connectivity index (χ0n) is 17.6. The summed E-state index contributed by atoms with van der Waals surface area (Å²) >= 11 is 0. The fourth-order valence-electron chi connectivity index (χ4n) is 5.33. The van der Waals surface area contributed by atoms with Crippen LogP contribution in [0.3, 0.4) is 0 Å². The Morgan fingerprint density at radius 2 is 1.93 bits per heavy atom. The number of carbonyl (C=O) groups is 1. The van der Waals surface area contributed by atoms with Gasteiger partial charge in [0.2, 0.25) is 0 Å². The van der Waals surface area contributed by atoms with Crippen LogP contribution in [0.15, 0.2) is 42.5 Å². The summed E-state index contributed by atoms with van der Waals surface area (Å²) < 4.78 is 7.35. The van der Waals surface area contributed by atoms with Crippen LogP contribution in [-0.4, -0.2) is 47.2 Å². The molecule has 0 spiro atoms. The third-order valence-corrected chi connectivity index (χ3v) is 6.97. The second kappa shape index (κ2) is 7.06. The van der Waals surface area contributed by atoms with Gasteiger partial charge in [-0.1, -0.05) is 12.1 Å². The summed E-state index contributed by atoms with van der Waals surface area (Å²) in [4.78, 5) is 16.0. The molecule has 156 valence electrons. The van der Waals surface area contributed by atoms with Crippen LogP contribution in [0.1, 0.15) is 27.7 Å². The van der Waals surface area contributed by atoms with Crippen molar-refractivity contribution in [2.45, 2.75) is 13.0 Å². The maximum Gasteiger partial charge on any atom is 0.256 e. The number of aromatic nitrogens is 1. The van der Waals surface area contributed by atoms with Gasteiger partial charge in [0.15, 0.2) is 0 Å². The van der Waals surface area contributed by atoms with E-state index in [-0.39, 0.29) is 17.7 Å². The first kappa shape index (κ1) is 19.0. The predicted molar refractivity (Wildman–Crippen MR) is 116 cm³/mol. The lowest BCUT2D eigenvalue weighted by molar-refractivity contribution is 0.0715. The third-order valence-electron chi connectivity index (χ3n) is 6.97. The number of nitrogens with one attached hydrogen (secondary N) is 1. The van der Waals surface area contributed by atoms with Crippen LogP contribution < -0.4 is 10.1 Å². The van der Waals surface area contributed by atoms with Crippen LogP contribution in [0.4, 0.5) is 0 Å². The van der Waals surface area contributed by atoms with Gasteiger partial charge in [-0.15, -0.1) is 0 Å². The van der Waals surface area contributed by atoms with Gasteiger partial charge < -0.3 is 24.6 Å². The van der Waals surface area contributed by atoms with Crippen molar-refractivity contribution < 1.29 is 14.6 Å². The number of methoxy groups -OCH3 is 1. The molecular formula is C24H27N3O3. The number of amides is 1. The van der Waals surface area contributed by atoms with Crippen LogP contribution >= 0.6 is 0 Å². The zero-order chi connectivity index (χ0) is 21.0. The van der Waals surface area contributed by atoms with Gasteiger partial charge in [-0.3, -0.25) is 4.79 Å². The quantitative estimate of drug-likeness (QED) is 0.702. The van der Waals surface area contributed by atoms with E-state index in [1.807, 2.05) is 41.6 Å². The first-order valence-electron chi connectivity index (χ1n) is 10.4. The Hall–Kier alpha value is -2.99. The first-order valence-corrected chi connectivity index (χ1v) is 10.4. The molecule has 2 saturated heterocycles. The van der Waals surface area contributed by atoms with E-state index in [9.17, 15) is 9.90 Å². The van der Waals surface area contributed by atoms with Crippen LogP contribution in [0.25, 0.3) is 10.9 Å². The van der Waals surface area contributed by atoms with Gasteiger partial charge in [0.1, 0.15) is 11.5 Å². The number of benzene rings is 2. The molecule has 30 heavy (non-hydrogen) atoms. The van der Waals surface area contributed by atoms with E-state index in [4.69, 9.17) is 4.74 Å². The number of aryl methyl sites for hydroxylation is 1. The number of likely N-dealkylation sites (tertiary alicyclic amines) is 1. The standard InChI is InChI=1S/C24H27N3O3/c1-14-22(19-10-17(28)6-9-21(19)26(14)2)24(29)27-13-16-11-25-12-20(16)23(27)15-4-7-18(30-3)8-5-15/h4-10,16,20,23,25,28H,11-13H2,1-3H3/t16-,20-,23-/m0/s1. The maximum atomic E-state index is 13.9. The minimum absolute atomic E-state index is 0.0235. The molecule has 6 nitrogen and oxygen atoms in total. The molecule has 1 aromatic heterocycles. The highest BCUT2D eigenvalue weighted by molar-refractivity contribution is 6.09. The maximum absolute atomic E-state index is 13.9. The van der Waals surface area contributed by atoms with Gasteiger partial charge in [-0.25, -0.2) is 0 Å². The Morgan fingerprint density at radius 1 is 1.17 bits per heavy atom. The molecule has 0 radical (unpaired) electrons. The number of fused-ring (bicyclic) bond motifs is 2. The largest absolute Gasteiger partial charge is 0.508 e. The predicted octanol–water partition coefficient (Wildman–Crippen LogP) is 3.23. The number of aromatic hydroxyl groups is 1. The molecule has 0 unspecified atom stereocenters. The number of carbonyl (C=O) groups excluding carboxylic acids is 1. The van der Waals surface area contributed by atoms with E-state index >= 15 is 0 Å². The minimum atomic E-state index is 0.0235. The van der Waals surface area contributed by atoms with E-state index in [0.29, 0.717) is 17.4 Å². The molecule has 3 heterocycles. The fraction of sp³-hybridized carbons (Fsp3) is 0.375. The van der Waals surface area contributed by atoms with Crippen molar-refractivity contribution in [3.63, 3.8) is 0 Å². The average Bonchev–Trinajstić information content (AvgIpc) is 3.40. The number of phenolic OH excluding ortho intramolecular Hbond substituents is 1. The van der Waals surface area contributed by atoms with Crippen molar-refractivity contribution in [1.29, 1.82) is 0 Å². The van der Waals surface area contributed by atoms with Gasteiger partial charge in [0.25, 0.3) is 5.91 Å². The van der Waals surface area contributed by atoms with Gasteiger partial charge >= 0.3 is 0 Å². The molecule has 3 aromatic rings. The number of nitrogens with zero attached hydrogens (tertiary/aromatic N) is 2. The normalized spacial score (nSPS) is 23.2. The third kappa shape index (κ3) is 2.78. The lowest BCUT2D eigenvalue weighted by Gasteiger charge is -2.29. The molecular weight excluding hydrogens is 378 g/mol. The van der Waals surface area contributed by atoms with Crippen molar-refractivity contribution in [2.75, 3.05) is 26.7 Å². The summed E-state index contributed by atoms with van der Waals surface area (Å²) in [7, 11) is 3.63. The molecule has 2 aliphatic rings. The molecule has 2 aromatic carbocycles. The highest BCUT2D eigenvalue weighted by Crippen LogP contribution is 2.44. The topological polar surface area (TPSA) is 66.7 Å². The molecule has 2 fully saturated rings. The molecule has 2 aliphatic heterocycles. The summed E-state index contributed by atoms with van der Waals surface area (Å²) in [6.45, 7) is 4.57. The van der Waals surface area contributed by atoms with Gasteiger partial charge in [0.05, 0.1) is 18.7 Å². The monoisotopic (exact) mass is 405 g/mol. The zero-order valence-corrected chi connectivity index (χ0v) is 17.6. The molecule has 5 rings (SSSR count). The Labute approximate surface area is 176 Å². The number of hydrogen-bond donors (Lipinski definition) is 2. The number of rotatable bonds is 3.